The van der Waals surface area contributed by atoms with Gasteiger partial charge < -0.3 is 19.8 Å². The van der Waals surface area contributed by atoms with E-state index in [0.29, 0.717) is 13.0 Å². The van der Waals surface area contributed by atoms with Crippen molar-refractivity contribution in [1.29, 1.82) is 0 Å². The summed E-state index contributed by atoms with van der Waals surface area (Å²) in [4.78, 5) is 35.2. The first-order valence-corrected chi connectivity index (χ1v) is 6.52. The molecule has 0 aromatic heterocycles. The van der Waals surface area contributed by atoms with Crippen molar-refractivity contribution in [2.45, 2.75) is 39.2 Å². The van der Waals surface area contributed by atoms with Crippen LogP contribution in [0.25, 0.3) is 0 Å². The molecule has 0 saturated carbocycles. The summed E-state index contributed by atoms with van der Waals surface area (Å²) < 4.78 is 5.20. The van der Waals surface area contributed by atoms with Crippen LogP contribution in [0.1, 0.15) is 33.6 Å². The molecule has 2 unspecified atom stereocenters. The number of carbonyl (C=O) groups excluding carboxylic acids is 1. The average molecular weight is 287 g/mol. The maximum Gasteiger partial charge on any atom is 0.410 e. The zero-order chi connectivity index (χ0) is 15.5. The van der Waals surface area contributed by atoms with E-state index in [1.54, 1.807) is 20.8 Å². The SMILES string of the molecule is CC(C)(C)OC(=O)N1CCC(CC(=O)O)C(C(=O)O)C1. The van der Waals surface area contributed by atoms with Gasteiger partial charge in [0.15, 0.2) is 0 Å². The van der Waals surface area contributed by atoms with Crippen LogP contribution in [0, 0.1) is 11.8 Å². The second-order valence-electron chi connectivity index (χ2n) is 6.02. The monoisotopic (exact) mass is 287 g/mol. The van der Waals surface area contributed by atoms with Gasteiger partial charge in [-0.2, -0.15) is 0 Å². The van der Waals surface area contributed by atoms with Gasteiger partial charge in [-0.15, -0.1) is 0 Å². The van der Waals surface area contributed by atoms with E-state index in [1.165, 1.54) is 4.90 Å². The summed E-state index contributed by atoms with van der Waals surface area (Å²) in [6, 6.07) is 0. The fourth-order valence-corrected chi connectivity index (χ4v) is 2.24. The van der Waals surface area contributed by atoms with Gasteiger partial charge in [-0.05, 0) is 33.1 Å². The lowest BCUT2D eigenvalue weighted by Gasteiger charge is -2.36. The number of carbonyl (C=O) groups is 3. The Balaban J connectivity index is 2.71. The van der Waals surface area contributed by atoms with E-state index in [-0.39, 0.29) is 13.0 Å². The lowest BCUT2D eigenvalue weighted by molar-refractivity contribution is -0.147. The average Bonchev–Trinajstić information content (AvgIpc) is 2.25. The summed E-state index contributed by atoms with van der Waals surface area (Å²) in [6.07, 6.45) is -0.403. The Morgan fingerprint density at radius 1 is 1.25 bits per heavy atom. The van der Waals surface area contributed by atoms with Crippen LogP contribution in [0.5, 0.6) is 0 Å². The van der Waals surface area contributed by atoms with Crippen molar-refractivity contribution in [3.8, 4) is 0 Å². The van der Waals surface area contributed by atoms with E-state index in [0.717, 1.165) is 0 Å². The van der Waals surface area contributed by atoms with Crippen molar-refractivity contribution in [2.24, 2.45) is 11.8 Å². The van der Waals surface area contributed by atoms with Crippen molar-refractivity contribution in [1.82, 2.24) is 4.90 Å². The maximum absolute atomic E-state index is 11.9. The number of piperidine rings is 1. The van der Waals surface area contributed by atoms with Gasteiger partial charge in [0.25, 0.3) is 0 Å². The van der Waals surface area contributed by atoms with E-state index in [1.807, 2.05) is 0 Å². The molecule has 1 aliphatic rings. The normalized spacial score (nSPS) is 23.2. The number of carboxylic acid groups (broad SMARTS) is 2. The van der Waals surface area contributed by atoms with E-state index in [4.69, 9.17) is 9.84 Å². The number of amides is 1. The summed E-state index contributed by atoms with van der Waals surface area (Å²) >= 11 is 0. The van der Waals surface area contributed by atoms with Crippen LogP contribution < -0.4 is 0 Å². The molecule has 0 bridgehead atoms. The van der Waals surface area contributed by atoms with E-state index >= 15 is 0 Å². The zero-order valence-corrected chi connectivity index (χ0v) is 12.0. The van der Waals surface area contributed by atoms with Crippen molar-refractivity contribution in [2.75, 3.05) is 13.1 Å². The predicted octanol–water partition coefficient (Wildman–Crippen LogP) is 1.42. The predicted molar refractivity (Wildman–Crippen MR) is 69.3 cm³/mol. The number of carboxylic acids is 2. The Morgan fingerprint density at radius 2 is 1.85 bits per heavy atom. The van der Waals surface area contributed by atoms with Crippen LogP contribution in [0.2, 0.25) is 0 Å². The second kappa shape index (κ2) is 6.11. The molecular formula is C13H21NO6. The smallest absolute Gasteiger partial charge is 0.410 e. The van der Waals surface area contributed by atoms with Gasteiger partial charge in [-0.1, -0.05) is 0 Å². The Hall–Kier alpha value is -1.79. The quantitative estimate of drug-likeness (QED) is 0.813. The summed E-state index contributed by atoms with van der Waals surface area (Å²) in [7, 11) is 0. The largest absolute Gasteiger partial charge is 0.481 e. The number of rotatable bonds is 3. The van der Waals surface area contributed by atoms with Crippen LogP contribution in [-0.2, 0) is 14.3 Å². The van der Waals surface area contributed by atoms with Crippen molar-refractivity contribution in [3.63, 3.8) is 0 Å². The summed E-state index contributed by atoms with van der Waals surface area (Å²) in [5.41, 5.74) is -0.645. The van der Waals surface area contributed by atoms with Gasteiger partial charge in [0.05, 0.1) is 5.92 Å². The third kappa shape index (κ3) is 4.71. The molecule has 2 atom stereocenters. The first-order chi connectivity index (χ1) is 9.10. The van der Waals surface area contributed by atoms with Crippen LogP contribution in [-0.4, -0.2) is 51.8 Å². The zero-order valence-electron chi connectivity index (χ0n) is 12.0. The topological polar surface area (TPSA) is 104 Å². The lowest BCUT2D eigenvalue weighted by atomic mass is 9.83. The number of hydrogen-bond donors (Lipinski definition) is 2. The molecule has 2 N–H and O–H groups in total. The van der Waals surface area contributed by atoms with Crippen LogP contribution in [0.15, 0.2) is 0 Å². The maximum atomic E-state index is 11.9. The number of nitrogens with zero attached hydrogens (tertiary/aromatic N) is 1. The van der Waals surface area contributed by atoms with Crippen LogP contribution in [0.4, 0.5) is 4.79 Å². The minimum absolute atomic E-state index is 0.0117. The highest BCUT2D eigenvalue weighted by molar-refractivity contribution is 5.75. The first-order valence-electron chi connectivity index (χ1n) is 6.52. The van der Waals surface area contributed by atoms with Gasteiger partial charge in [-0.3, -0.25) is 9.59 Å². The lowest BCUT2D eigenvalue weighted by Crippen LogP contribution is -2.48. The van der Waals surface area contributed by atoms with Crippen molar-refractivity contribution < 1.29 is 29.3 Å². The molecule has 0 aromatic carbocycles. The van der Waals surface area contributed by atoms with Gasteiger partial charge in [0.1, 0.15) is 5.60 Å². The molecule has 114 valence electrons. The number of ether oxygens (including phenoxy) is 1. The molecule has 7 nitrogen and oxygen atoms in total. The molecule has 0 aromatic rings. The molecule has 0 spiro atoms. The van der Waals surface area contributed by atoms with Gasteiger partial charge in [0.2, 0.25) is 0 Å². The highest BCUT2D eigenvalue weighted by Gasteiger charge is 2.38. The van der Waals surface area contributed by atoms with Gasteiger partial charge in [0, 0.05) is 19.5 Å². The molecule has 1 rings (SSSR count). The van der Waals surface area contributed by atoms with Gasteiger partial charge in [-0.25, -0.2) is 4.79 Å². The van der Waals surface area contributed by atoms with Crippen molar-refractivity contribution in [3.05, 3.63) is 0 Å². The summed E-state index contributed by atoms with van der Waals surface area (Å²) in [6.45, 7) is 5.50. The molecule has 1 saturated heterocycles. The standard InChI is InChI=1S/C13H21NO6/c1-13(2,3)20-12(19)14-5-4-8(6-10(15)16)9(7-14)11(17)18/h8-9H,4-7H2,1-3H3,(H,15,16)(H,17,18). The molecule has 1 aliphatic heterocycles. The molecule has 1 fully saturated rings. The molecule has 7 heteroatoms. The van der Waals surface area contributed by atoms with Crippen molar-refractivity contribution >= 4 is 18.0 Å². The third-order valence-electron chi connectivity index (χ3n) is 3.16. The number of likely N-dealkylation sites (tertiary alicyclic amines) is 1. The number of hydrogen-bond acceptors (Lipinski definition) is 4. The molecule has 0 aliphatic carbocycles. The first kappa shape index (κ1) is 16.3. The Labute approximate surface area is 117 Å². The minimum Gasteiger partial charge on any atom is -0.481 e. The van der Waals surface area contributed by atoms with Crippen LogP contribution >= 0.6 is 0 Å². The molecule has 0 radical (unpaired) electrons. The fourth-order valence-electron chi connectivity index (χ4n) is 2.24. The van der Waals surface area contributed by atoms with Gasteiger partial charge >= 0.3 is 18.0 Å². The van der Waals surface area contributed by atoms with E-state index < -0.39 is 35.5 Å². The Bertz CT molecular complexity index is 400. The highest BCUT2D eigenvalue weighted by Crippen LogP contribution is 2.28. The summed E-state index contributed by atoms with van der Waals surface area (Å²) in [5.74, 6) is -3.42. The Kier molecular flexibility index (Phi) is 4.97. The second-order valence-corrected chi connectivity index (χ2v) is 6.02. The third-order valence-corrected chi connectivity index (χ3v) is 3.16. The van der Waals surface area contributed by atoms with E-state index in [2.05, 4.69) is 0 Å². The molecular weight excluding hydrogens is 266 g/mol. The van der Waals surface area contributed by atoms with E-state index in [9.17, 15) is 19.5 Å². The fraction of sp³-hybridized carbons (Fsp3) is 0.769. The van der Waals surface area contributed by atoms with Crippen LogP contribution in [0.3, 0.4) is 0 Å². The molecule has 1 heterocycles. The number of aliphatic carboxylic acids is 2. The molecule has 1 amide bonds. The summed E-state index contributed by atoms with van der Waals surface area (Å²) in [5, 5.41) is 18.0. The highest BCUT2D eigenvalue weighted by atomic mass is 16.6. The minimum atomic E-state index is -1.08. The Morgan fingerprint density at radius 3 is 2.30 bits per heavy atom. The molecule has 20 heavy (non-hydrogen) atoms.